The summed E-state index contributed by atoms with van der Waals surface area (Å²) in [5.74, 6) is -0.886. The van der Waals surface area contributed by atoms with Gasteiger partial charge in [-0.15, -0.1) is 10.2 Å². The van der Waals surface area contributed by atoms with Crippen molar-refractivity contribution in [3.8, 4) is 0 Å². The fourth-order valence-corrected chi connectivity index (χ4v) is 2.12. The number of allylic oxidation sites excluding steroid dienone is 1. The van der Waals surface area contributed by atoms with Crippen molar-refractivity contribution >= 4 is 11.5 Å². The molecule has 116 valence electrons. The van der Waals surface area contributed by atoms with Crippen LogP contribution in [0, 0.1) is 6.92 Å². The Morgan fingerprint density at radius 3 is 2.78 bits per heavy atom. The lowest BCUT2D eigenvalue weighted by Gasteiger charge is -2.03. The van der Waals surface area contributed by atoms with Gasteiger partial charge in [0.15, 0.2) is 0 Å². The number of benzene rings is 1. The lowest BCUT2D eigenvalue weighted by atomic mass is 10.0. The normalized spacial score (nSPS) is 11.6. The highest BCUT2D eigenvalue weighted by Gasteiger charge is 2.14. The molecule has 2 heterocycles. The summed E-state index contributed by atoms with van der Waals surface area (Å²) in [6.07, 6.45) is 3.25. The molecule has 0 amide bonds. The fourth-order valence-electron chi connectivity index (χ4n) is 2.12. The Morgan fingerprint density at radius 2 is 2.09 bits per heavy atom. The first-order chi connectivity index (χ1) is 11.1. The smallest absolute Gasteiger partial charge is 0.244 e. The molecule has 3 rings (SSSR count). The predicted octanol–water partition coefficient (Wildman–Crippen LogP) is 1.60. The van der Waals surface area contributed by atoms with Crippen molar-refractivity contribution in [3.63, 3.8) is 0 Å². The second-order valence-electron chi connectivity index (χ2n) is 5.06. The molecule has 0 aliphatic heterocycles. The summed E-state index contributed by atoms with van der Waals surface area (Å²) in [7, 11) is 0. The number of nitrogens with zero attached hydrogens (tertiary/aromatic N) is 4. The minimum atomic E-state index is -0.549. The van der Waals surface area contributed by atoms with Crippen LogP contribution < -0.4 is 0 Å². The number of nitrogens with one attached hydrogen (secondary N) is 2. The second kappa shape index (κ2) is 6.22. The molecule has 23 heavy (non-hydrogen) atoms. The number of hydrogen-bond acceptors (Lipinski definition) is 6. The summed E-state index contributed by atoms with van der Waals surface area (Å²) in [6, 6.07) is 8.06. The summed E-state index contributed by atoms with van der Waals surface area (Å²) < 4.78 is 0. The van der Waals surface area contributed by atoms with E-state index in [1.165, 1.54) is 5.56 Å². The Hall–Kier alpha value is -3.29. The standard InChI is InChI=1S/C15H14N6O2/c1-9-2-4-10(5-3-9)6-11-8-16-17-14(11)12(22)7-13(23)15-18-20-21-19-15/h2-5,7-8,22H,6H2,1H3,(H,16,17)(H,18,19,20,21). The SMILES string of the molecule is Cc1ccc(Cc2cn[nH]c2C(O)=CC(=O)c2nn[nH]n2)cc1. The number of aliphatic hydroxyl groups excluding tert-OH is 1. The van der Waals surface area contributed by atoms with Crippen LogP contribution in [0.15, 0.2) is 36.5 Å². The zero-order valence-corrected chi connectivity index (χ0v) is 12.3. The van der Waals surface area contributed by atoms with Crippen molar-refractivity contribution < 1.29 is 9.90 Å². The van der Waals surface area contributed by atoms with E-state index >= 15 is 0 Å². The molecule has 3 aromatic rings. The predicted molar refractivity (Wildman–Crippen MR) is 81.7 cm³/mol. The number of aliphatic hydroxyl groups is 1. The van der Waals surface area contributed by atoms with Crippen LogP contribution >= 0.6 is 0 Å². The molecule has 0 spiro atoms. The highest BCUT2D eigenvalue weighted by atomic mass is 16.3. The van der Waals surface area contributed by atoms with Gasteiger partial charge in [-0.05, 0) is 17.7 Å². The van der Waals surface area contributed by atoms with Crippen LogP contribution in [0.3, 0.4) is 0 Å². The van der Waals surface area contributed by atoms with Gasteiger partial charge in [0.2, 0.25) is 11.6 Å². The first-order valence-electron chi connectivity index (χ1n) is 6.90. The molecule has 2 aromatic heterocycles. The summed E-state index contributed by atoms with van der Waals surface area (Å²) in [4.78, 5) is 11.9. The van der Waals surface area contributed by atoms with Crippen molar-refractivity contribution in [1.82, 2.24) is 30.8 Å². The Labute approximate surface area is 131 Å². The van der Waals surface area contributed by atoms with Gasteiger partial charge in [-0.25, -0.2) is 0 Å². The van der Waals surface area contributed by atoms with E-state index in [1.54, 1.807) is 6.20 Å². The quantitative estimate of drug-likeness (QED) is 0.374. The molecule has 0 atom stereocenters. The first-order valence-corrected chi connectivity index (χ1v) is 6.90. The summed E-state index contributed by atoms with van der Waals surface area (Å²) >= 11 is 0. The highest BCUT2D eigenvalue weighted by Crippen LogP contribution is 2.18. The molecule has 3 N–H and O–H groups in total. The number of aromatic nitrogens is 6. The minimum absolute atomic E-state index is 0.115. The Bertz CT molecular complexity index is 833. The number of carbonyl (C=O) groups is 1. The molecule has 0 unspecified atom stereocenters. The van der Waals surface area contributed by atoms with E-state index in [2.05, 4.69) is 30.8 Å². The molecule has 0 aliphatic carbocycles. The van der Waals surface area contributed by atoms with E-state index in [1.807, 2.05) is 31.2 Å². The van der Waals surface area contributed by atoms with Gasteiger partial charge in [0.05, 0.1) is 6.20 Å². The highest BCUT2D eigenvalue weighted by molar-refractivity contribution is 6.05. The monoisotopic (exact) mass is 310 g/mol. The average molecular weight is 310 g/mol. The molecular formula is C15H14N6O2. The van der Waals surface area contributed by atoms with Gasteiger partial charge in [-0.1, -0.05) is 29.8 Å². The van der Waals surface area contributed by atoms with E-state index in [4.69, 9.17) is 0 Å². The molecule has 0 saturated heterocycles. The lowest BCUT2D eigenvalue weighted by Crippen LogP contribution is -2.01. The van der Waals surface area contributed by atoms with Crippen molar-refractivity contribution in [3.05, 3.63) is 64.7 Å². The molecule has 0 fully saturated rings. The second-order valence-corrected chi connectivity index (χ2v) is 5.06. The van der Waals surface area contributed by atoms with Crippen LogP contribution in [0.1, 0.15) is 33.0 Å². The van der Waals surface area contributed by atoms with Crippen LogP contribution in [0.2, 0.25) is 0 Å². The third-order valence-corrected chi connectivity index (χ3v) is 3.32. The topological polar surface area (TPSA) is 120 Å². The summed E-state index contributed by atoms with van der Waals surface area (Å²) in [5, 5.41) is 29.4. The van der Waals surface area contributed by atoms with Gasteiger partial charge in [-0.2, -0.15) is 10.3 Å². The molecule has 1 aromatic carbocycles. The molecule has 0 saturated carbocycles. The van der Waals surface area contributed by atoms with Crippen LogP contribution in [0.25, 0.3) is 5.76 Å². The summed E-state index contributed by atoms with van der Waals surface area (Å²) in [6.45, 7) is 2.02. The van der Waals surface area contributed by atoms with E-state index < -0.39 is 5.78 Å². The third kappa shape index (κ3) is 3.31. The van der Waals surface area contributed by atoms with Crippen molar-refractivity contribution in [1.29, 1.82) is 0 Å². The van der Waals surface area contributed by atoms with Crippen LogP contribution in [-0.2, 0) is 6.42 Å². The number of carbonyl (C=O) groups excluding carboxylic acids is 1. The van der Waals surface area contributed by atoms with Gasteiger partial charge in [0, 0.05) is 18.1 Å². The van der Waals surface area contributed by atoms with Gasteiger partial charge in [0.1, 0.15) is 11.5 Å². The molecule has 0 radical (unpaired) electrons. The van der Waals surface area contributed by atoms with E-state index in [0.717, 1.165) is 17.2 Å². The zero-order chi connectivity index (χ0) is 16.2. The molecular weight excluding hydrogens is 296 g/mol. The number of rotatable bonds is 5. The van der Waals surface area contributed by atoms with Crippen LogP contribution in [0.5, 0.6) is 0 Å². The maximum absolute atomic E-state index is 11.9. The van der Waals surface area contributed by atoms with Crippen molar-refractivity contribution in [2.45, 2.75) is 13.3 Å². The van der Waals surface area contributed by atoms with Gasteiger partial charge in [0.25, 0.3) is 0 Å². The first kappa shape index (κ1) is 14.6. The molecule has 0 bridgehead atoms. The van der Waals surface area contributed by atoms with Gasteiger partial charge in [-0.3, -0.25) is 9.89 Å². The summed E-state index contributed by atoms with van der Waals surface area (Å²) in [5.41, 5.74) is 3.43. The third-order valence-electron chi connectivity index (χ3n) is 3.32. The number of hydrogen-bond donors (Lipinski definition) is 3. The average Bonchev–Trinajstić information content (AvgIpc) is 3.20. The van der Waals surface area contributed by atoms with Crippen molar-refractivity contribution in [2.75, 3.05) is 0 Å². The largest absolute Gasteiger partial charge is 0.506 e. The Kier molecular flexibility index (Phi) is 3.96. The number of aryl methyl sites for hydroxylation is 1. The number of ketones is 1. The number of aromatic amines is 2. The van der Waals surface area contributed by atoms with E-state index in [-0.39, 0.29) is 11.6 Å². The molecule has 8 heteroatoms. The van der Waals surface area contributed by atoms with Crippen molar-refractivity contribution in [2.24, 2.45) is 0 Å². The van der Waals surface area contributed by atoms with Crippen LogP contribution in [-0.4, -0.2) is 41.7 Å². The minimum Gasteiger partial charge on any atom is -0.506 e. The number of H-pyrrole nitrogens is 2. The van der Waals surface area contributed by atoms with E-state index in [0.29, 0.717) is 12.1 Å². The zero-order valence-electron chi connectivity index (χ0n) is 12.3. The molecule has 0 aliphatic rings. The maximum atomic E-state index is 11.9. The molecule has 8 nitrogen and oxygen atoms in total. The Morgan fingerprint density at radius 1 is 1.30 bits per heavy atom. The van der Waals surface area contributed by atoms with E-state index in [9.17, 15) is 9.90 Å². The number of tetrazole rings is 1. The lowest BCUT2D eigenvalue weighted by molar-refractivity contribution is 0.103. The van der Waals surface area contributed by atoms with Gasteiger partial charge >= 0.3 is 0 Å². The maximum Gasteiger partial charge on any atom is 0.244 e. The van der Waals surface area contributed by atoms with Gasteiger partial charge < -0.3 is 5.11 Å². The Balaban J connectivity index is 1.82. The van der Waals surface area contributed by atoms with Crippen LogP contribution in [0.4, 0.5) is 0 Å². The fraction of sp³-hybridized carbons (Fsp3) is 0.133.